The SMILES string of the molecule is CC1(C)CCC2(C(=O)OC3OC(CO)C(O)C(O)C3O)CCC3(C)C(=CCC4C5(C)CCC(O)C(C)(C(=O)O)C5CCC43C)C2C1. The number of ether oxygens (including phenoxy) is 2. The van der Waals surface area contributed by atoms with Gasteiger partial charge in [0.2, 0.25) is 6.29 Å². The Labute approximate surface area is 272 Å². The summed E-state index contributed by atoms with van der Waals surface area (Å²) in [6.45, 7) is 12.6. The third kappa shape index (κ3) is 4.49. The van der Waals surface area contributed by atoms with Crippen LogP contribution >= 0.6 is 0 Å². The van der Waals surface area contributed by atoms with Crippen LogP contribution in [0.1, 0.15) is 106 Å². The summed E-state index contributed by atoms with van der Waals surface area (Å²) in [5, 5.41) is 62.4. The fourth-order valence-electron chi connectivity index (χ4n) is 12.0. The molecule has 0 bridgehead atoms. The van der Waals surface area contributed by atoms with Crippen LogP contribution in [0.15, 0.2) is 11.6 Å². The van der Waals surface area contributed by atoms with Gasteiger partial charge in [-0.25, -0.2) is 0 Å². The highest BCUT2D eigenvalue weighted by Crippen LogP contribution is 2.76. The lowest BCUT2D eigenvalue weighted by atomic mass is 9.33. The number of hydrogen-bond acceptors (Lipinski definition) is 9. The average Bonchev–Trinajstić information content (AvgIpc) is 2.99. The highest BCUT2D eigenvalue weighted by atomic mass is 16.7. The van der Waals surface area contributed by atoms with Crippen LogP contribution in [0.25, 0.3) is 0 Å². The van der Waals surface area contributed by atoms with Gasteiger partial charge >= 0.3 is 11.9 Å². The molecule has 1 saturated heterocycles. The molecule has 0 aromatic carbocycles. The third-order valence-electron chi connectivity index (χ3n) is 15.2. The van der Waals surface area contributed by atoms with Gasteiger partial charge in [-0.3, -0.25) is 9.59 Å². The summed E-state index contributed by atoms with van der Waals surface area (Å²) in [6.07, 6.45) is 1.20. The maximum absolute atomic E-state index is 14.4. The molecule has 1 heterocycles. The number of rotatable bonds is 4. The number of aliphatic carboxylic acids is 1. The van der Waals surface area contributed by atoms with E-state index in [0.717, 1.165) is 44.9 Å². The molecule has 4 saturated carbocycles. The van der Waals surface area contributed by atoms with E-state index < -0.39 is 66.2 Å². The summed E-state index contributed by atoms with van der Waals surface area (Å²) in [4.78, 5) is 27.1. The smallest absolute Gasteiger partial charge is 0.315 e. The lowest BCUT2D eigenvalue weighted by Gasteiger charge is -2.71. The second kappa shape index (κ2) is 11.0. The van der Waals surface area contributed by atoms with Crippen LogP contribution in [0.3, 0.4) is 0 Å². The molecular weight excluding hydrogens is 592 g/mol. The summed E-state index contributed by atoms with van der Waals surface area (Å²) in [7, 11) is 0. The zero-order valence-electron chi connectivity index (χ0n) is 28.4. The van der Waals surface area contributed by atoms with Crippen molar-refractivity contribution in [2.24, 2.45) is 50.2 Å². The van der Waals surface area contributed by atoms with Crippen molar-refractivity contribution in [2.75, 3.05) is 6.61 Å². The van der Waals surface area contributed by atoms with Gasteiger partial charge in [-0.1, -0.05) is 46.3 Å². The Kier molecular flexibility index (Phi) is 8.18. The number of carbonyl (C=O) groups excluding carboxylic acids is 1. The van der Waals surface area contributed by atoms with E-state index in [0.29, 0.717) is 19.3 Å². The summed E-state index contributed by atoms with van der Waals surface area (Å²) in [5.41, 5.74) is -1.39. The fraction of sp³-hybridized carbons (Fsp3) is 0.889. The molecule has 260 valence electrons. The Balaban J connectivity index is 1.36. The first kappa shape index (κ1) is 34.3. The number of aliphatic hydroxyl groups is 5. The molecular formula is C36H56O10. The molecule has 10 heteroatoms. The van der Waals surface area contributed by atoms with Gasteiger partial charge in [0.15, 0.2) is 0 Å². The first-order valence-corrected chi connectivity index (χ1v) is 17.5. The molecule has 14 unspecified atom stereocenters. The molecule has 0 radical (unpaired) electrons. The Morgan fingerprint density at radius 2 is 1.54 bits per heavy atom. The van der Waals surface area contributed by atoms with Crippen molar-refractivity contribution in [1.29, 1.82) is 0 Å². The molecule has 6 rings (SSSR count). The molecule has 5 fully saturated rings. The van der Waals surface area contributed by atoms with Crippen LogP contribution < -0.4 is 0 Å². The summed E-state index contributed by atoms with van der Waals surface area (Å²) < 4.78 is 11.5. The molecule has 46 heavy (non-hydrogen) atoms. The van der Waals surface area contributed by atoms with Crippen molar-refractivity contribution in [3.8, 4) is 0 Å². The number of esters is 1. The van der Waals surface area contributed by atoms with E-state index >= 15 is 0 Å². The van der Waals surface area contributed by atoms with Gasteiger partial charge in [-0.15, -0.1) is 0 Å². The van der Waals surface area contributed by atoms with Crippen LogP contribution in [-0.2, 0) is 19.1 Å². The highest BCUT2D eigenvalue weighted by Gasteiger charge is 2.71. The second-order valence-corrected chi connectivity index (χ2v) is 17.6. The molecule has 1 aliphatic heterocycles. The maximum Gasteiger partial charge on any atom is 0.315 e. The molecule has 6 aliphatic rings. The van der Waals surface area contributed by atoms with Crippen molar-refractivity contribution in [3.05, 3.63) is 11.6 Å². The van der Waals surface area contributed by atoms with Crippen molar-refractivity contribution < 1.29 is 49.7 Å². The molecule has 0 aromatic heterocycles. The van der Waals surface area contributed by atoms with Crippen molar-refractivity contribution in [3.63, 3.8) is 0 Å². The number of hydrogen-bond donors (Lipinski definition) is 6. The molecule has 5 aliphatic carbocycles. The van der Waals surface area contributed by atoms with E-state index in [-0.39, 0.29) is 39.4 Å². The normalized spacial score (nSPS) is 53.0. The number of allylic oxidation sites excluding steroid dienone is 2. The Bertz CT molecular complexity index is 1280. The van der Waals surface area contributed by atoms with E-state index in [9.17, 15) is 40.2 Å². The zero-order valence-corrected chi connectivity index (χ0v) is 28.4. The van der Waals surface area contributed by atoms with Gasteiger partial charge in [-0.05, 0) is 111 Å². The van der Waals surface area contributed by atoms with Crippen molar-refractivity contribution in [1.82, 2.24) is 0 Å². The quantitative estimate of drug-likeness (QED) is 0.195. The number of carboxylic acid groups (broad SMARTS) is 1. The zero-order chi connectivity index (χ0) is 33.8. The minimum Gasteiger partial charge on any atom is -0.481 e. The summed E-state index contributed by atoms with van der Waals surface area (Å²) in [6, 6.07) is 0. The second-order valence-electron chi connectivity index (χ2n) is 17.6. The highest BCUT2D eigenvalue weighted by molar-refractivity contribution is 5.79. The van der Waals surface area contributed by atoms with Crippen molar-refractivity contribution >= 4 is 11.9 Å². The van der Waals surface area contributed by atoms with E-state index in [4.69, 9.17) is 9.47 Å². The largest absolute Gasteiger partial charge is 0.481 e. The summed E-state index contributed by atoms with van der Waals surface area (Å²) in [5.74, 6) is -1.40. The predicted molar refractivity (Wildman–Crippen MR) is 167 cm³/mol. The minimum absolute atomic E-state index is 0.0130. The van der Waals surface area contributed by atoms with Gasteiger partial charge < -0.3 is 40.1 Å². The maximum atomic E-state index is 14.4. The van der Waals surface area contributed by atoms with Gasteiger partial charge in [0.1, 0.15) is 24.4 Å². The van der Waals surface area contributed by atoms with Gasteiger partial charge in [0.05, 0.1) is 23.5 Å². The molecule has 14 atom stereocenters. The minimum atomic E-state index is -1.65. The van der Waals surface area contributed by atoms with E-state index in [1.165, 1.54) is 5.57 Å². The summed E-state index contributed by atoms with van der Waals surface area (Å²) >= 11 is 0. The van der Waals surface area contributed by atoms with Gasteiger partial charge in [0, 0.05) is 0 Å². The third-order valence-corrected chi connectivity index (χ3v) is 15.2. The molecule has 10 nitrogen and oxygen atoms in total. The van der Waals surface area contributed by atoms with Gasteiger partial charge in [0.25, 0.3) is 0 Å². The molecule has 0 amide bonds. The van der Waals surface area contributed by atoms with Crippen LogP contribution in [0, 0.1) is 50.2 Å². The Morgan fingerprint density at radius 1 is 0.870 bits per heavy atom. The van der Waals surface area contributed by atoms with Gasteiger partial charge in [-0.2, -0.15) is 0 Å². The topological polar surface area (TPSA) is 174 Å². The predicted octanol–water partition coefficient (Wildman–Crippen LogP) is 3.56. The van der Waals surface area contributed by atoms with E-state index in [1.807, 2.05) is 0 Å². The van der Waals surface area contributed by atoms with Crippen LogP contribution in [-0.4, -0.2) is 86.0 Å². The van der Waals surface area contributed by atoms with Crippen LogP contribution in [0.2, 0.25) is 0 Å². The number of fused-ring (bicyclic) bond motifs is 7. The molecule has 6 N–H and O–H groups in total. The molecule has 0 spiro atoms. The molecule has 0 aromatic rings. The lowest BCUT2D eigenvalue weighted by Crippen LogP contribution is -2.66. The first-order chi connectivity index (χ1) is 21.3. The number of carboxylic acids is 1. The number of aliphatic hydroxyl groups excluding tert-OH is 5. The Hall–Kier alpha value is -1.56. The fourth-order valence-corrected chi connectivity index (χ4v) is 12.0. The van der Waals surface area contributed by atoms with Crippen LogP contribution in [0.5, 0.6) is 0 Å². The lowest BCUT2D eigenvalue weighted by molar-refractivity contribution is -0.297. The van der Waals surface area contributed by atoms with Crippen LogP contribution in [0.4, 0.5) is 0 Å². The average molecular weight is 649 g/mol. The van der Waals surface area contributed by atoms with Crippen molar-refractivity contribution in [2.45, 2.75) is 143 Å². The van der Waals surface area contributed by atoms with E-state index in [1.54, 1.807) is 6.92 Å². The number of carbonyl (C=O) groups is 2. The Morgan fingerprint density at radius 3 is 2.20 bits per heavy atom. The monoisotopic (exact) mass is 648 g/mol. The standard InChI is InChI=1S/C36H56O10/c1-31(2)13-15-36(30(44)46-28-27(41)26(40)25(39)21(18-37)45-28)16-14-33(4)19(20(36)17-31)7-8-22-32(3)11-10-24(38)35(6,29(42)43)23(32)9-12-34(22,33)5/h7,20-28,37-41H,8-18H2,1-6H3,(H,42,43). The first-order valence-electron chi connectivity index (χ1n) is 17.5. The van der Waals surface area contributed by atoms with E-state index in [2.05, 4.69) is 40.7 Å².